The Bertz CT molecular complexity index is 870. The van der Waals surface area contributed by atoms with E-state index in [1.807, 2.05) is 24.3 Å². The lowest BCUT2D eigenvalue weighted by Crippen LogP contribution is -2.56. The van der Waals surface area contributed by atoms with Crippen molar-refractivity contribution in [1.29, 1.82) is 0 Å². The second-order valence-electron chi connectivity index (χ2n) is 6.90. The fourth-order valence-electron chi connectivity index (χ4n) is 3.86. The average Bonchev–Trinajstić information content (AvgIpc) is 2.91. The van der Waals surface area contributed by atoms with Crippen LogP contribution in [-0.4, -0.2) is 47.3 Å². The molecule has 2 aliphatic heterocycles. The normalized spacial score (nSPS) is 25.4. The molecule has 1 atom stereocenters. The summed E-state index contributed by atoms with van der Waals surface area (Å²) in [6.45, 7) is -0.289. The van der Waals surface area contributed by atoms with E-state index in [1.165, 1.54) is 6.20 Å². The Morgan fingerprint density at radius 2 is 2.04 bits per heavy atom. The van der Waals surface area contributed by atoms with Gasteiger partial charge in [-0.3, -0.25) is 14.6 Å². The first-order valence-electron chi connectivity index (χ1n) is 8.19. The Morgan fingerprint density at radius 3 is 2.80 bits per heavy atom. The monoisotopic (exact) mass is 345 g/mol. The summed E-state index contributed by atoms with van der Waals surface area (Å²) in [5, 5.41) is 3.39. The van der Waals surface area contributed by atoms with Crippen molar-refractivity contribution >= 4 is 22.7 Å². The molecule has 0 aliphatic carbocycles. The van der Waals surface area contributed by atoms with E-state index in [0.717, 1.165) is 15.8 Å². The van der Waals surface area contributed by atoms with Crippen LogP contribution in [-0.2, 0) is 4.79 Å². The molecule has 0 saturated carbocycles. The Balaban J connectivity index is 1.67. The summed E-state index contributed by atoms with van der Waals surface area (Å²) in [6.07, 6.45) is 1.21. The summed E-state index contributed by atoms with van der Waals surface area (Å²) in [7, 11) is 0. The second-order valence-corrected chi connectivity index (χ2v) is 6.90. The number of hydrogen-bond acceptors (Lipinski definition) is 3. The fraction of sp³-hybridized carbons (Fsp3) is 0.389. The van der Waals surface area contributed by atoms with E-state index in [9.17, 15) is 18.4 Å². The summed E-state index contributed by atoms with van der Waals surface area (Å²) in [6, 6.07) is 8.95. The van der Waals surface area contributed by atoms with Crippen molar-refractivity contribution in [3.63, 3.8) is 0 Å². The molecule has 1 unspecified atom stereocenters. The van der Waals surface area contributed by atoms with Crippen LogP contribution in [0.5, 0.6) is 0 Å². The highest BCUT2D eigenvalue weighted by atomic mass is 19.3. The highest BCUT2D eigenvalue weighted by Gasteiger charge is 2.55. The molecule has 2 aromatic rings. The largest absolute Gasteiger partial charge is 0.356 e. The van der Waals surface area contributed by atoms with Crippen molar-refractivity contribution in [2.75, 3.05) is 19.6 Å². The minimum absolute atomic E-state index is 0.0140. The maximum Gasteiger partial charge on any atom is 0.266 e. The molecule has 7 heteroatoms. The molecule has 2 saturated heterocycles. The molecular formula is C18H17F2N3O2. The van der Waals surface area contributed by atoms with Gasteiger partial charge >= 0.3 is 0 Å². The molecule has 3 heterocycles. The maximum absolute atomic E-state index is 14.3. The zero-order valence-electron chi connectivity index (χ0n) is 13.5. The predicted molar refractivity (Wildman–Crippen MR) is 87.3 cm³/mol. The predicted octanol–water partition coefficient (Wildman–Crippen LogP) is 2.22. The van der Waals surface area contributed by atoms with Crippen molar-refractivity contribution in [2.24, 2.45) is 5.41 Å². The van der Waals surface area contributed by atoms with Crippen LogP contribution < -0.4 is 5.32 Å². The third kappa shape index (κ3) is 2.73. The number of aromatic nitrogens is 1. The number of nitrogens with one attached hydrogen (secondary N) is 1. The number of nitrogens with zero attached hydrogens (tertiary/aromatic N) is 2. The first-order valence-corrected chi connectivity index (χ1v) is 8.19. The van der Waals surface area contributed by atoms with E-state index in [0.29, 0.717) is 13.0 Å². The topological polar surface area (TPSA) is 62.3 Å². The molecular weight excluding hydrogens is 328 g/mol. The molecule has 1 aromatic carbocycles. The quantitative estimate of drug-likeness (QED) is 0.862. The molecule has 2 amide bonds. The molecule has 1 aromatic heterocycles. The van der Waals surface area contributed by atoms with Crippen molar-refractivity contribution in [3.8, 4) is 0 Å². The highest BCUT2D eigenvalue weighted by molar-refractivity contribution is 5.98. The van der Waals surface area contributed by atoms with Gasteiger partial charge in [0.1, 0.15) is 0 Å². The molecule has 25 heavy (non-hydrogen) atoms. The smallest absolute Gasteiger partial charge is 0.266 e. The SMILES string of the molecule is O=C(c1cnc2ccccc2c1)N1CC(F)(F)CC2(CCNC2=O)C1. The molecule has 1 N–H and O–H groups in total. The third-order valence-electron chi connectivity index (χ3n) is 5.01. The van der Waals surface area contributed by atoms with Crippen LogP contribution in [0.15, 0.2) is 36.5 Å². The number of rotatable bonds is 1. The van der Waals surface area contributed by atoms with Gasteiger partial charge in [-0.25, -0.2) is 8.78 Å². The van der Waals surface area contributed by atoms with Crippen molar-refractivity contribution in [3.05, 3.63) is 42.1 Å². The number of para-hydroxylation sites is 1. The van der Waals surface area contributed by atoms with Gasteiger partial charge in [0.05, 0.1) is 23.0 Å². The van der Waals surface area contributed by atoms with Crippen molar-refractivity contribution < 1.29 is 18.4 Å². The summed E-state index contributed by atoms with van der Waals surface area (Å²) in [5.41, 5.74) is -0.207. The Labute approximate surface area is 143 Å². The lowest BCUT2D eigenvalue weighted by atomic mass is 9.77. The fourth-order valence-corrected chi connectivity index (χ4v) is 3.86. The first-order chi connectivity index (χ1) is 11.9. The maximum atomic E-state index is 14.3. The summed E-state index contributed by atoms with van der Waals surface area (Å²) in [5.74, 6) is -3.99. The van der Waals surface area contributed by atoms with Gasteiger partial charge in [0, 0.05) is 31.1 Å². The third-order valence-corrected chi connectivity index (χ3v) is 5.01. The minimum Gasteiger partial charge on any atom is -0.356 e. The molecule has 2 aliphatic rings. The zero-order chi connectivity index (χ0) is 17.7. The average molecular weight is 345 g/mol. The van der Waals surface area contributed by atoms with E-state index in [2.05, 4.69) is 10.3 Å². The zero-order valence-corrected chi connectivity index (χ0v) is 13.5. The van der Waals surface area contributed by atoms with E-state index in [1.54, 1.807) is 6.07 Å². The van der Waals surface area contributed by atoms with Gasteiger partial charge in [0.2, 0.25) is 5.91 Å². The van der Waals surface area contributed by atoms with Crippen LogP contribution in [0.4, 0.5) is 8.78 Å². The van der Waals surface area contributed by atoms with Crippen molar-refractivity contribution in [1.82, 2.24) is 15.2 Å². The Kier molecular flexibility index (Phi) is 3.49. The van der Waals surface area contributed by atoms with E-state index >= 15 is 0 Å². The standard InChI is InChI=1S/C18H17F2N3O2/c19-18(20)9-17(5-6-21-16(17)25)10-23(11-18)15(24)13-7-12-3-1-2-4-14(12)22-8-13/h1-4,7-8H,5-6,9-11H2,(H,21,25). The number of hydrogen-bond donors (Lipinski definition) is 1. The van der Waals surface area contributed by atoms with Crippen LogP contribution in [0.3, 0.4) is 0 Å². The van der Waals surface area contributed by atoms with Gasteiger partial charge in [0.15, 0.2) is 0 Å². The van der Waals surface area contributed by atoms with Gasteiger partial charge in [-0.1, -0.05) is 18.2 Å². The van der Waals surface area contributed by atoms with Crippen LogP contribution in [0.2, 0.25) is 0 Å². The number of carbonyl (C=O) groups is 2. The number of pyridine rings is 1. The number of benzene rings is 1. The Morgan fingerprint density at radius 1 is 1.24 bits per heavy atom. The van der Waals surface area contributed by atoms with E-state index < -0.39 is 30.2 Å². The van der Waals surface area contributed by atoms with Crippen LogP contribution >= 0.6 is 0 Å². The molecule has 0 radical (unpaired) electrons. The van der Waals surface area contributed by atoms with Gasteiger partial charge in [-0.2, -0.15) is 0 Å². The molecule has 1 spiro atoms. The minimum atomic E-state index is -3.08. The molecule has 0 bridgehead atoms. The van der Waals surface area contributed by atoms with Crippen LogP contribution in [0.1, 0.15) is 23.2 Å². The van der Waals surface area contributed by atoms with Gasteiger partial charge in [0.25, 0.3) is 11.8 Å². The van der Waals surface area contributed by atoms with Gasteiger partial charge in [-0.15, -0.1) is 0 Å². The second kappa shape index (κ2) is 5.47. The summed E-state index contributed by atoms with van der Waals surface area (Å²) < 4.78 is 28.5. The summed E-state index contributed by atoms with van der Waals surface area (Å²) in [4.78, 5) is 30.2. The van der Waals surface area contributed by atoms with Crippen LogP contribution in [0.25, 0.3) is 10.9 Å². The summed E-state index contributed by atoms with van der Waals surface area (Å²) >= 11 is 0. The van der Waals surface area contributed by atoms with Crippen molar-refractivity contribution in [2.45, 2.75) is 18.8 Å². The lowest BCUT2D eigenvalue weighted by molar-refractivity contribution is -0.144. The van der Waals surface area contributed by atoms with E-state index in [-0.39, 0.29) is 18.0 Å². The number of likely N-dealkylation sites (tertiary alicyclic amines) is 1. The number of alkyl halides is 2. The molecule has 2 fully saturated rings. The lowest BCUT2D eigenvalue weighted by Gasteiger charge is -2.42. The highest BCUT2D eigenvalue weighted by Crippen LogP contribution is 2.43. The molecule has 130 valence electrons. The number of halogens is 2. The van der Waals surface area contributed by atoms with E-state index in [4.69, 9.17) is 0 Å². The van der Waals surface area contributed by atoms with Crippen LogP contribution in [0, 0.1) is 5.41 Å². The molecule has 4 rings (SSSR count). The van der Waals surface area contributed by atoms with Gasteiger partial charge in [-0.05, 0) is 18.6 Å². The number of piperidine rings is 1. The van der Waals surface area contributed by atoms with Gasteiger partial charge < -0.3 is 10.2 Å². The first kappa shape index (κ1) is 15.9. The number of amides is 2. The Hall–Kier alpha value is -2.57. The number of fused-ring (bicyclic) bond motifs is 1. The number of carbonyl (C=O) groups excluding carboxylic acids is 2. The molecule has 5 nitrogen and oxygen atoms in total.